The first-order valence-electron chi connectivity index (χ1n) is 9.78. The molecule has 0 amide bonds. The van der Waals surface area contributed by atoms with Crippen LogP contribution in [0.1, 0.15) is 96.3 Å². The molecule has 22 heavy (non-hydrogen) atoms. The standard InChI is InChI=1S/C19H37NO2/c20-19-14-12-10-8-6-4-2-1-3-5-7-9-11-13-16(15-19)17(19)18(21)22/h16-18,21-22H,1-15,20H2. The van der Waals surface area contributed by atoms with E-state index in [1.165, 1.54) is 70.6 Å². The van der Waals surface area contributed by atoms with Gasteiger partial charge in [-0.25, -0.2) is 0 Å². The monoisotopic (exact) mass is 311 g/mol. The first-order valence-corrected chi connectivity index (χ1v) is 9.78. The summed E-state index contributed by atoms with van der Waals surface area (Å²) in [6, 6.07) is 0. The van der Waals surface area contributed by atoms with Crippen molar-refractivity contribution in [2.24, 2.45) is 17.6 Å². The molecule has 0 aromatic carbocycles. The molecule has 4 N–H and O–H groups in total. The van der Waals surface area contributed by atoms with Crippen LogP contribution in [-0.2, 0) is 0 Å². The van der Waals surface area contributed by atoms with E-state index in [4.69, 9.17) is 5.73 Å². The van der Waals surface area contributed by atoms with Crippen LogP contribution in [0, 0.1) is 11.8 Å². The highest BCUT2D eigenvalue weighted by molar-refractivity contribution is 5.06. The zero-order chi connectivity index (χ0) is 15.8. The summed E-state index contributed by atoms with van der Waals surface area (Å²) in [7, 11) is 0. The Hall–Kier alpha value is -0.120. The predicted octanol–water partition coefficient (Wildman–Crippen LogP) is 4.11. The van der Waals surface area contributed by atoms with Gasteiger partial charge in [0.15, 0.2) is 6.29 Å². The molecule has 0 aliphatic heterocycles. The summed E-state index contributed by atoms with van der Waals surface area (Å²) in [5.41, 5.74) is 6.19. The number of rotatable bonds is 1. The van der Waals surface area contributed by atoms with Gasteiger partial charge in [-0.05, 0) is 25.2 Å². The van der Waals surface area contributed by atoms with Gasteiger partial charge >= 0.3 is 0 Å². The summed E-state index contributed by atoms with van der Waals surface area (Å²) in [6.07, 6.45) is 17.7. The Labute approximate surface area is 136 Å². The lowest BCUT2D eigenvalue weighted by atomic mass is 9.56. The summed E-state index contributed by atoms with van der Waals surface area (Å²) in [5, 5.41) is 19.5. The maximum Gasteiger partial charge on any atom is 0.156 e. The van der Waals surface area contributed by atoms with Crippen LogP contribution in [0.2, 0.25) is 0 Å². The fraction of sp³-hybridized carbons (Fsp3) is 1.00. The van der Waals surface area contributed by atoms with Crippen LogP contribution in [0.25, 0.3) is 0 Å². The average Bonchev–Trinajstić information content (AvgIpc) is 2.45. The van der Waals surface area contributed by atoms with Gasteiger partial charge in [0.05, 0.1) is 0 Å². The Morgan fingerprint density at radius 1 is 0.727 bits per heavy atom. The van der Waals surface area contributed by atoms with Crippen LogP contribution < -0.4 is 5.73 Å². The van der Waals surface area contributed by atoms with Gasteiger partial charge in [-0.3, -0.25) is 0 Å². The number of fused-ring (bicyclic) bond motifs is 13. The second-order valence-corrected chi connectivity index (χ2v) is 7.92. The van der Waals surface area contributed by atoms with Crippen molar-refractivity contribution in [1.82, 2.24) is 0 Å². The van der Waals surface area contributed by atoms with Crippen molar-refractivity contribution in [2.45, 2.75) is 108 Å². The molecule has 3 heteroatoms. The van der Waals surface area contributed by atoms with Gasteiger partial charge in [0.2, 0.25) is 0 Å². The Balaban J connectivity index is 1.83. The first kappa shape index (κ1) is 18.2. The van der Waals surface area contributed by atoms with Crippen molar-refractivity contribution in [3.63, 3.8) is 0 Å². The second kappa shape index (κ2) is 9.24. The minimum Gasteiger partial charge on any atom is -0.368 e. The lowest BCUT2D eigenvalue weighted by Gasteiger charge is -2.54. The Morgan fingerprint density at radius 3 is 1.68 bits per heavy atom. The fourth-order valence-corrected chi connectivity index (χ4v) is 4.78. The topological polar surface area (TPSA) is 66.5 Å². The zero-order valence-corrected chi connectivity index (χ0v) is 14.3. The van der Waals surface area contributed by atoms with Crippen molar-refractivity contribution in [3.8, 4) is 0 Å². The molecule has 3 aliphatic rings. The third-order valence-corrected chi connectivity index (χ3v) is 6.10. The maximum atomic E-state index is 9.74. The van der Waals surface area contributed by atoms with Crippen molar-refractivity contribution >= 4 is 0 Å². The highest BCUT2D eigenvalue weighted by Crippen LogP contribution is 2.49. The van der Waals surface area contributed by atoms with Gasteiger partial charge in [-0.2, -0.15) is 0 Å². The highest BCUT2D eigenvalue weighted by Gasteiger charge is 2.53. The highest BCUT2D eigenvalue weighted by atomic mass is 16.5. The molecule has 2 bridgehead atoms. The van der Waals surface area contributed by atoms with E-state index in [-0.39, 0.29) is 11.5 Å². The number of hydrogen-bond acceptors (Lipinski definition) is 3. The molecule has 3 unspecified atom stereocenters. The van der Waals surface area contributed by atoms with Crippen molar-refractivity contribution < 1.29 is 10.2 Å². The van der Waals surface area contributed by atoms with E-state index in [1.807, 2.05) is 0 Å². The molecule has 0 aromatic heterocycles. The molecule has 0 heterocycles. The number of nitrogens with two attached hydrogens (primary N) is 1. The minimum atomic E-state index is -1.23. The zero-order valence-electron chi connectivity index (χ0n) is 14.3. The Kier molecular flexibility index (Phi) is 7.66. The number of aliphatic hydroxyl groups is 2. The fourth-order valence-electron chi connectivity index (χ4n) is 4.78. The van der Waals surface area contributed by atoms with Gasteiger partial charge in [-0.15, -0.1) is 0 Å². The quantitative estimate of drug-likeness (QED) is 0.639. The average molecular weight is 312 g/mol. The summed E-state index contributed by atoms with van der Waals surface area (Å²) in [5.74, 6) is 0.337. The normalized spacial score (nSPS) is 36.5. The minimum absolute atomic E-state index is 0.0943. The third kappa shape index (κ3) is 5.21. The smallest absolute Gasteiger partial charge is 0.156 e. The summed E-state index contributed by atoms with van der Waals surface area (Å²) in [6.45, 7) is 0. The van der Waals surface area contributed by atoms with Gasteiger partial charge in [0, 0.05) is 11.5 Å². The Bertz CT molecular complexity index is 304. The molecule has 0 saturated heterocycles. The van der Waals surface area contributed by atoms with Crippen molar-refractivity contribution in [2.75, 3.05) is 0 Å². The molecule has 3 aliphatic carbocycles. The molecule has 3 atom stereocenters. The number of aliphatic hydroxyl groups excluding tert-OH is 1. The molecule has 3 saturated carbocycles. The van der Waals surface area contributed by atoms with E-state index in [1.54, 1.807) is 0 Å². The van der Waals surface area contributed by atoms with E-state index in [0.29, 0.717) is 5.92 Å². The molecule has 130 valence electrons. The molecule has 3 rings (SSSR count). The molecule has 0 spiro atoms. The Morgan fingerprint density at radius 2 is 1.18 bits per heavy atom. The number of hydrogen-bond donors (Lipinski definition) is 3. The van der Waals surface area contributed by atoms with E-state index in [0.717, 1.165) is 25.7 Å². The molecular weight excluding hydrogens is 274 g/mol. The van der Waals surface area contributed by atoms with Crippen LogP contribution in [0.15, 0.2) is 0 Å². The van der Waals surface area contributed by atoms with Gasteiger partial charge in [0.25, 0.3) is 0 Å². The molecule has 3 nitrogen and oxygen atoms in total. The summed E-state index contributed by atoms with van der Waals surface area (Å²) in [4.78, 5) is 0. The SMILES string of the molecule is NC12CCCCCCCCCCCCCCC(C1)C2C(O)O. The summed E-state index contributed by atoms with van der Waals surface area (Å²) < 4.78 is 0. The van der Waals surface area contributed by atoms with E-state index >= 15 is 0 Å². The van der Waals surface area contributed by atoms with Crippen LogP contribution >= 0.6 is 0 Å². The van der Waals surface area contributed by atoms with E-state index < -0.39 is 6.29 Å². The second-order valence-electron chi connectivity index (χ2n) is 7.92. The van der Waals surface area contributed by atoms with Crippen LogP contribution in [0.4, 0.5) is 0 Å². The molecule has 3 fully saturated rings. The lowest BCUT2D eigenvalue weighted by molar-refractivity contribution is -0.169. The summed E-state index contributed by atoms with van der Waals surface area (Å²) >= 11 is 0. The molecule has 0 radical (unpaired) electrons. The predicted molar refractivity (Wildman–Crippen MR) is 91.4 cm³/mol. The van der Waals surface area contributed by atoms with Gasteiger partial charge < -0.3 is 15.9 Å². The first-order chi connectivity index (χ1) is 10.6. The lowest BCUT2D eigenvalue weighted by Crippen LogP contribution is -2.64. The van der Waals surface area contributed by atoms with Gasteiger partial charge in [0.1, 0.15) is 0 Å². The van der Waals surface area contributed by atoms with Gasteiger partial charge in [-0.1, -0.05) is 77.0 Å². The van der Waals surface area contributed by atoms with E-state index in [9.17, 15) is 10.2 Å². The molecule has 0 aromatic rings. The van der Waals surface area contributed by atoms with Crippen molar-refractivity contribution in [3.05, 3.63) is 0 Å². The van der Waals surface area contributed by atoms with Crippen LogP contribution in [-0.4, -0.2) is 22.0 Å². The van der Waals surface area contributed by atoms with Crippen LogP contribution in [0.3, 0.4) is 0 Å². The largest absolute Gasteiger partial charge is 0.368 e. The third-order valence-electron chi connectivity index (χ3n) is 6.10. The van der Waals surface area contributed by atoms with E-state index in [2.05, 4.69) is 0 Å². The maximum absolute atomic E-state index is 9.74. The molecular formula is C19H37NO2. The van der Waals surface area contributed by atoms with Crippen molar-refractivity contribution in [1.29, 1.82) is 0 Å². The van der Waals surface area contributed by atoms with Crippen LogP contribution in [0.5, 0.6) is 0 Å².